The zero-order valence-electron chi connectivity index (χ0n) is 13.6. The SMILES string of the molecule is COc1cccc(-c2cccc(-n3nnc(-c4ccccn4)n3)c2)c1. The van der Waals surface area contributed by atoms with E-state index in [0.29, 0.717) is 11.5 Å². The van der Waals surface area contributed by atoms with Crippen molar-refractivity contribution in [2.75, 3.05) is 7.11 Å². The van der Waals surface area contributed by atoms with E-state index in [4.69, 9.17) is 4.74 Å². The van der Waals surface area contributed by atoms with Gasteiger partial charge in [0.15, 0.2) is 0 Å². The Balaban J connectivity index is 1.69. The van der Waals surface area contributed by atoms with Gasteiger partial charge in [-0.15, -0.1) is 15.0 Å². The van der Waals surface area contributed by atoms with Crippen molar-refractivity contribution >= 4 is 0 Å². The molecule has 0 saturated heterocycles. The van der Waals surface area contributed by atoms with Crippen LogP contribution in [0.2, 0.25) is 0 Å². The van der Waals surface area contributed by atoms with E-state index in [1.165, 1.54) is 4.80 Å². The van der Waals surface area contributed by atoms with Crippen molar-refractivity contribution in [3.63, 3.8) is 0 Å². The first-order valence-electron chi connectivity index (χ1n) is 7.80. The summed E-state index contributed by atoms with van der Waals surface area (Å²) in [6, 6.07) is 21.5. The van der Waals surface area contributed by atoms with Crippen molar-refractivity contribution in [3.05, 3.63) is 72.9 Å². The normalized spacial score (nSPS) is 10.6. The molecule has 122 valence electrons. The minimum Gasteiger partial charge on any atom is -0.497 e. The molecule has 0 aliphatic heterocycles. The third-order valence-electron chi connectivity index (χ3n) is 3.79. The number of methoxy groups -OCH3 is 1. The zero-order valence-corrected chi connectivity index (χ0v) is 13.6. The Kier molecular flexibility index (Phi) is 3.92. The lowest BCUT2D eigenvalue weighted by Crippen LogP contribution is -1.99. The number of tetrazole rings is 1. The Morgan fingerprint density at radius 1 is 0.880 bits per heavy atom. The molecule has 2 aromatic carbocycles. The highest BCUT2D eigenvalue weighted by atomic mass is 16.5. The predicted molar refractivity (Wildman–Crippen MR) is 94.4 cm³/mol. The third-order valence-corrected chi connectivity index (χ3v) is 3.79. The lowest BCUT2D eigenvalue weighted by Gasteiger charge is -2.06. The Hall–Kier alpha value is -3.54. The zero-order chi connectivity index (χ0) is 17.1. The van der Waals surface area contributed by atoms with Crippen molar-refractivity contribution in [1.82, 2.24) is 25.2 Å². The minimum absolute atomic E-state index is 0.493. The third kappa shape index (κ3) is 3.10. The van der Waals surface area contributed by atoms with Crippen molar-refractivity contribution in [1.29, 1.82) is 0 Å². The molecular formula is C19H15N5O. The van der Waals surface area contributed by atoms with Crippen molar-refractivity contribution < 1.29 is 4.74 Å². The predicted octanol–water partition coefficient (Wildman–Crippen LogP) is 3.40. The van der Waals surface area contributed by atoms with Gasteiger partial charge in [0, 0.05) is 6.20 Å². The fourth-order valence-electron chi connectivity index (χ4n) is 2.53. The molecule has 0 spiro atoms. The summed E-state index contributed by atoms with van der Waals surface area (Å²) in [6.07, 6.45) is 1.71. The van der Waals surface area contributed by atoms with Crippen LogP contribution < -0.4 is 4.74 Å². The molecule has 0 atom stereocenters. The Bertz CT molecular complexity index is 997. The molecule has 2 heterocycles. The molecule has 4 rings (SSSR count). The molecule has 0 radical (unpaired) electrons. The van der Waals surface area contributed by atoms with Gasteiger partial charge in [0.05, 0.1) is 12.8 Å². The summed E-state index contributed by atoms with van der Waals surface area (Å²) in [6.45, 7) is 0. The summed E-state index contributed by atoms with van der Waals surface area (Å²) >= 11 is 0. The fourth-order valence-corrected chi connectivity index (χ4v) is 2.53. The average molecular weight is 329 g/mol. The molecule has 0 fully saturated rings. The van der Waals surface area contributed by atoms with Crippen LogP contribution in [-0.2, 0) is 0 Å². The standard InChI is InChI=1S/C19H15N5O/c1-25-17-9-5-7-15(13-17)14-6-4-8-16(12-14)24-22-19(21-23-24)18-10-2-3-11-20-18/h2-13H,1H3. The number of benzene rings is 2. The maximum atomic E-state index is 5.30. The van der Waals surface area contributed by atoms with Gasteiger partial charge in [-0.3, -0.25) is 4.98 Å². The fraction of sp³-hybridized carbons (Fsp3) is 0.0526. The van der Waals surface area contributed by atoms with E-state index in [9.17, 15) is 0 Å². The van der Waals surface area contributed by atoms with Crippen LogP contribution >= 0.6 is 0 Å². The summed E-state index contributed by atoms with van der Waals surface area (Å²) in [4.78, 5) is 5.76. The summed E-state index contributed by atoms with van der Waals surface area (Å²) in [7, 11) is 1.66. The maximum Gasteiger partial charge on any atom is 0.223 e. The Morgan fingerprint density at radius 2 is 1.72 bits per heavy atom. The van der Waals surface area contributed by atoms with Crippen LogP contribution in [-0.4, -0.2) is 32.3 Å². The Morgan fingerprint density at radius 3 is 2.52 bits per heavy atom. The van der Waals surface area contributed by atoms with Gasteiger partial charge in [0.25, 0.3) is 0 Å². The molecule has 0 N–H and O–H groups in total. The highest BCUT2D eigenvalue weighted by Crippen LogP contribution is 2.25. The van der Waals surface area contributed by atoms with Gasteiger partial charge in [-0.25, -0.2) is 0 Å². The molecule has 0 bridgehead atoms. The quantitative estimate of drug-likeness (QED) is 0.574. The number of nitrogens with zero attached hydrogens (tertiary/aromatic N) is 5. The molecular weight excluding hydrogens is 314 g/mol. The van der Waals surface area contributed by atoms with Crippen LogP contribution in [0.5, 0.6) is 5.75 Å². The van der Waals surface area contributed by atoms with Crippen molar-refractivity contribution in [2.24, 2.45) is 0 Å². The van der Waals surface area contributed by atoms with Gasteiger partial charge < -0.3 is 4.74 Å². The minimum atomic E-state index is 0.493. The highest BCUT2D eigenvalue weighted by molar-refractivity contribution is 5.67. The van der Waals surface area contributed by atoms with Crippen LogP contribution in [0.15, 0.2) is 72.9 Å². The number of hydrogen-bond donors (Lipinski definition) is 0. The second-order valence-electron chi connectivity index (χ2n) is 5.40. The molecule has 0 amide bonds. The molecule has 25 heavy (non-hydrogen) atoms. The molecule has 6 nitrogen and oxygen atoms in total. The first-order chi connectivity index (χ1) is 12.3. The van der Waals surface area contributed by atoms with E-state index in [1.807, 2.05) is 66.7 Å². The number of ether oxygens (including phenoxy) is 1. The molecule has 0 unspecified atom stereocenters. The summed E-state index contributed by atoms with van der Waals surface area (Å²) in [5.74, 6) is 1.31. The monoisotopic (exact) mass is 329 g/mol. The van der Waals surface area contributed by atoms with Gasteiger partial charge in [0.2, 0.25) is 5.82 Å². The average Bonchev–Trinajstić information content (AvgIpc) is 3.19. The van der Waals surface area contributed by atoms with Crippen molar-refractivity contribution in [3.8, 4) is 34.1 Å². The van der Waals surface area contributed by atoms with Gasteiger partial charge in [-0.1, -0.05) is 30.3 Å². The van der Waals surface area contributed by atoms with Crippen LogP contribution in [0, 0.1) is 0 Å². The van der Waals surface area contributed by atoms with Gasteiger partial charge >= 0.3 is 0 Å². The van der Waals surface area contributed by atoms with Crippen LogP contribution in [0.25, 0.3) is 28.3 Å². The van der Waals surface area contributed by atoms with E-state index in [0.717, 1.165) is 22.6 Å². The summed E-state index contributed by atoms with van der Waals surface area (Å²) in [5, 5.41) is 12.7. The topological polar surface area (TPSA) is 65.7 Å². The van der Waals surface area contributed by atoms with Gasteiger partial charge in [0.1, 0.15) is 11.4 Å². The highest BCUT2D eigenvalue weighted by Gasteiger charge is 2.09. The van der Waals surface area contributed by atoms with Crippen molar-refractivity contribution in [2.45, 2.75) is 0 Å². The van der Waals surface area contributed by atoms with E-state index in [-0.39, 0.29) is 0 Å². The molecule has 6 heteroatoms. The van der Waals surface area contributed by atoms with Crippen LogP contribution in [0.1, 0.15) is 0 Å². The van der Waals surface area contributed by atoms with E-state index in [1.54, 1.807) is 13.3 Å². The Labute approximate surface area is 144 Å². The molecule has 0 aliphatic rings. The second-order valence-corrected chi connectivity index (χ2v) is 5.40. The summed E-state index contributed by atoms with van der Waals surface area (Å²) < 4.78 is 5.30. The lowest BCUT2D eigenvalue weighted by molar-refractivity contribution is 0.415. The van der Waals surface area contributed by atoms with Crippen LogP contribution in [0.3, 0.4) is 0 Å². The number of aromatic nitrogens is 5. The van der Waals surface area contributed by atoms with E-state index >= 15 is 0 Å². The van der Waals surface area contributed by atoms with Gasteiger partial charge in [-0.05, 0) is 52.7 Å². The second kappa shape index (κ2) is 6.52. The van der Waals surface area contributed by atoms with E-state index in [2.05, 4.69) is 20.4 Å². The molecule has 2 aromatic heterocycles. The first-order valence-corrected chi connectivity index (χ1v) is 7.80. The molecule has 4 aromatic rings. The maximum absolute atomic E-state index is 5.30. The molecule has 0 aliphatic carbocycles. The van der Waals surface area contributed by atoms with E-state index < -0.39 is 0 Å². The molecule has 0 saturated carbocycles. The number of pyridine rings is 1. The number of rotatable bonds is 4. The largest absolute Gasteiger partial charge is 0.497 e. The van der Waals surface area contributed by atoms with Crippen LogP contribution in [0.4, 0.5) is 0 Å². The smallest absolute Gasteiger partial charge is 0.223 e. The first kappa shape index (κ1) is 15.0. The lowest BCUT2D eigenvalue weighted by atomic mass is 10.1. The summed E-state index contributed by atoms with van der Waals surface area (Å²) in [5.41, 5.74) is 3.63. The number of hydrogen-bond acceptors (Lipinski definition) is 5. The van der Waals surface area contributed by atoms with Gasteiger partial charge in [-0.2, -0.15) is 0 Å².